The number of hydrogen-bond donors (Lipinski definition) is 1. The number of aromatic amines is 1. The van der Waals surface area contributed by atoms with Crippen LogP contribution in [-0.2, 0) is 6.42 Å². The zero-order chi connectivity index (χ0) is 9.10. The lowest BCUT2D eigenvalue weighted by molar-refractivity contribution is 0.782. The van der Waals surface area contributed by atoms with Gasteiger partial charge in [0.05, 0.1) is 0 Å². The second kappa shape index (κ2) is 5.06. The Morgan fingerprint density at radius 2 is 2.00 bits per heavy atom. The van der Waals surface area contributed by atoms with E-state index in [9.17, 15) is 0 Å². The maximum atomic E-state index is 3.43. The summed E-state index contributed by atoms with van der Waals surface area (Å²) in [5, 5.41) is 1.33. The lowest BCUT2D eigenvalue weighted by atomic mass is 10.2. The molecule has 76 valence electrons. The molecule has 1 heterocycles. The van der Waals surface area contributed by atoms with Crippen molar-refractivity contribution in [2.45, 2.75) is 26.2 Å². The van der Waals surface area contributed by atoms with Crippen molar-refractivity contribution in [3.63, 3.8) is 0 Å². The molecule has 0 bridgehead atoms. The van der Waals surface area contributed by atoms with E-state index in [1.54, 1.807) is 0 Å². The van der Waals surface area contributed by atoms with Crippen LogP contribution in [0.4, 0.5) is 0 Å². The van der Waals surface area contributed by atoms with Gasteiger partial charge in [0.25, 0.3) is 0 Å². The van der Waals surface area contributed by atoms with Gasteiger partial charge >= 0.3 is 0 Å². The summed E-state index contributed by atoms with van der Waals surface area (Å²) in [5.41, 5.74) is 2.62. The van der Waals surface area contributed by atoms with Gasteiger partial charge in [0.1, 0.15) is 0 Å². The van der Waals surface area contributed by atoms with Gasteiger partial charge in [0.15, 0.2) is 0 Å². The number of fused-ring (bicyclic) bond motifs is 1. The highest BCUT2D eigenvalue weighted by atomic mass is 35.5. The average molecular weight is 210 g/mol. The van der Waals surface area contributed by atoms with Crippen molar-refractivity contribution in [1.82, 2.24) is 4.98 Å². The maximum absolute atomic E-state index is 3.43. The molecule has 0 fully saturated rings. The van der Waals surface area contributed by atoms with E-state index in [-0.39, 0.29) is 12.4 Å². The normalized spacial score (nSPS) is 10.1. The molecule has 0 spiro atoms. The van der Waals surface area contributed by atoms with E-state index in [2.05, 4.69) is 42.2 Å². The number of hydrogen-bond acceptors (Lipinski definition) is 0. The highest BCUT2D eigenvalue weighted by molar-refractivity contribution is 5.85. The summed E-state index contributed by atoms with van der Waals surface area (Å²) in [7, 11) is 0. The standard InChI is InChI=1S/C12H15N.ClH/c1-2-3-7-11-9-10-6-4-5-8-12(10)13-11;/h4-6,8-9,13H,2-3,7H2,1H3;1H. The Kier molecular flexibility index (Phi) is 4.02. The van der Waals surface area contributed by atoms with Gasteiger partial charge < -0.3 is 4.98 Å². The Morgan fingerprint density at radius 1 is 1.21 bits per heavy atom. The van der Waals surface area contributed by atoms with Gasteiger partial charge in [-0.15, -0.1) is 12.4 Å². The van der Waals surface area contributed by atoms with Gasteiger partial charge in [0.2, 0.25) is 0 Å². The van der Waals surface area contributed by atoms with Crippen molar-refractivity contribution < 1.29 is 0 Å². The average Bonchev–Trinajstić information content (AvgIpc) is 2.57. The fourth-order valence-electron chi connectivity index (χ4n) is 1.64. The number of benzene rings is 1. The molecule has 14 heavy (non-hydrogen) atoms. The monoisotopic (exact) mass is 209 g/mol. The molecule has 0 saturated carbocycles. The van der Waals surface area contributed by atoms with Crippen LogP contribution in [0.25, 0.3) is 10.9 Å². The summed E-state index contributed by atoms with van der Waals surface area (Å²) >= 11 is 0. The van der Waals surface area contributed by atoms with E-state index < -0.39 is 0 Å². The van der Waals surface area contributed by atoms with Crippen LogP contribution in [0.3, 0.4) is 0 Å². The number of unbranched alkanes of at least 4 members (excludes halogenated alkanes) is 1. The number of aromatic nitrogens is 1. The molecule has 1 N–H and O–H groups in total. The van der Waals surface area contributed by atoms with Gasteiger partial charge in [-0.05, 0) is 30.4 Å². The molecule has 0 radical (unpaired) electrons. The fraction of sp³-hybridized carbons (Fsp3) is 0.333. The van der Waals surface area contributed by atoms with Crippen molar-refractivity contribution in [2.24, 2.45) is 0 Å². The predicted molar refractivity (Wildman–Crippen MR) is 64.2 cm³/mol. The molecule has 0 amide bonds. The van der Waals surface area contributed by atoms with Crippen LogP contribution in [-0.4, -0.2) is 4.98 Å². The summed E-state index contributed by atoms with van der Waals surface area (Å²) in [5.74, 6) is 0. The van der Waals surface area contributed by atoms with E-state index in [0.717, 1.165) is 0 Å². The summed E-state index contributed by atoms with van der Waals surface area (Å²) in [6.07, 6.45) is 3.70. The summed E-state index contributed by atoms with van der Waals surface area (Å²) in [6, 6.07) is 10.7. The number of H-pyrrole nitrogens is 1. The van der Waals surface area contributed by atoms with Crippen LogP contribution in [0.5, 0.6) is 0 Å². The molecule has 0 aliphatic carbocycles. The minimum Gasteiger partial charge on any atom is -0.358 e. The first-order chi connectivity index (χ1) is 6.40. The predicted octanol–water partition coefficient (Wildman–Crippen LogP) is 3.93. The van der Waals surface area contributed by atoms with Gasteiger partial charge in [-0.3, -0.25) is 0 Å². The molecule has 0 atom stereocenters. The Morgan fingerprint density at radius 3 is 2.71 bits per heavy atom. The maximum Gasteiger partial charge on any atom is 0.0456 e. The lowest BCUT2D eigenvalue weighted by Gasteiger charge is -1.92. The first-order valence-corrected chi connectivity index (χ1v) is 4.97. The van der Waals surface area contributed by atoms with Crippen molar-refractivity contribution >= 4 is 23.3 Å². The molecule has 2 heteroatoms. The van der Waals surface area contributed by atoms with Crippen LogP contribution in [0.15, 0.2) is 30.3 Å². The Balaban J connectivity index is 0.000000980. The van der Waals surface area contributed by atoms with E-state index in [4.69, 9.17) is 0 Å². The minimum absolute atomic E-state index is 0. The van der Waals surface area contributed by atoms with Crippen molar-refractivity contribution in [3.05, 3.63) is 36.0 Å². The first-order valence-electron chi connectivity index (χ1n) is 4.97. The van der Waals surface area contributed by atoms with Gasteiger partial charge in [-0.25, -0.2) is 0 Å². The zero-order valence-corrected chi connectivity index (χ0v) is 9.23. The third-order valence-corrected chi connectivity index (χ3v) is 2.39. The molecule has 0 unspecified atom stereocenters. The van der Waals surface area contributed by atoms with Crippen LogP contribution >= 0.6 is 12.4 Å². The minimum atomic E-state index is 0. The van der Waals surface area contributed by atoms with Crippen LogP contribution < -0.4 is 0 Å². The van der Waals surface area contributed by atoms with Crippen LogP contribution in [0.2, 0.25) is 0 Å². The number of halogens is 1. The molecule has 1 aromatic carbocycles. The summed E-state index contributed by atoms with van der Waals surface area (Å²) in [4.78, 5) is 3.43. The molecule has 0 aliphatic heterocycles. The third kappa shape index (κ3) is 2.30. The number of aryl methyl sites for hydroxylation is 1. The van der Waals surface area contributed by atoms with Gasteiger partial charge in [-0.2, -0.15) is 0 Å². The SMILES string of the molecule is CCCCc1cc2ccccc2[nH]1.Cl. The van der Waals surface area contributed by atoms with Crippen LogP contribution in [0.1, 0.15) is 25.5 Å². The molecule has 0 aliphatic rings. The second-order valence-corrected chi connectivity index (χ2v) is 3.49. The summed E-state index contributed by atoms with van der Waals surface area (Å²) < 4.78 is 0. The molecule has 1 aromatic heterocycles. The zero-order valence-electron chi connectivity index (χ0n) is 8.42. The molecule has 0 saturated heterocycles. The van der Waals surface area contributed by atoms with Crippen molar-refractivity contribution in [3.8, 4) is 0 Å². The fourth-order valence-corrected chi connectivity index (χ4v) is 1.64. The van der Waals surface area contributed by atoms with Crippen molar-refractivity contribution in [1.29, 1.82) is 0 Å². The molecule has 2 rings (SSSR count). The van der Waals surface area contributed by atoms with Crippen LogP contribution in [0, 0.1) is 0 Å². The second-order valence-electron chi connectivity index (χ2n) is 3.49. The lowest BCUT2D eigenvalue weighted by Crippen LogP contribution is -1.82. The summed E-state index contributed by atoms with van der Waals surface area (Å²) in [6.45, 7) is 2.22. The number of nitrogens with one attached hydrogen (secondary N) is 1. The van der Waals surface area contributed by atoms with Gasteiger partial charge in [0, 0.05) is 11.2 Å². The van der Waals surface area contributed by atoms with E-state index >= 15 is 0 Å². The first kappa shape index (κ1) is 11.1. The topological polar surface area (TPSA) is 15.8 Å². The number of rotatable bonds is 3. The molecule has 1 nitrogen and oxygen atoms in total. The Labute approximate surface area is 90.9 Å². The number of para-hydroxylation sites is 1. The van der Waals surface area contributed by atoms with Crippen molar-refractivity contribution in [2.75, 3.05) is 0 Å². The highest BCUT2D eigenvalue weighted by Crippen LogP contribution is 2.15. The quantitative estimate of drug-likeness (QED) is 0.789. The molecular formula is C12H16ClN. The van der Waals surface area contributed by atoms with E-state index in [1.807, 2.05) is 0 Å². The Bertz CT molecular complexity index is 359. The largest absolute Gasteiger partial charge is 0.358 e. The van der Waals surface area contributed by atoms with E-state index in [0.29, 0.717) is 0 Å². The van der Waals surface area contributed by atoms with Gasteiger partial charge in [-0.1, -0.05) is 31.5 Å². The smallest absolute Gasteiger partial charge is 0.0456 e. The highest BCUT2D eigenvalue weighted by Gasteiger charge is 1.98. The third-order valence-electron chi connectivity index (χ3n) is 2.39. The molecule has 2 aromatic rings. The van der Waals surface area contributed by atoms with E-state index in [1.165, 1.54) is 35.9 Å². The Hall–Kier alpha value is -0.950. The molecular weight excluding hydrogens is 194 g/mol.